The number of ether oxygens (including phenoxy) is 1. The first-order valence-electron chi connectivity index (χ1n) is 12.3. The van der Waals surface area contributed by atoms with E-state index < -0.39 is 5.91 Å². The largest absolute Gasteiger partial charge is 0.479 e. The number of rotatable bonds is 10. The molecule has 4 aromatic rings. The number of nitrogens with one attached hydrogen (secondary N) is 2. The number of likely N-dealkylation sites (N-methyl/N-ethyl adjacent to an activating group) is 2. The van der Waals surface area contributed by atoms with Crippen LogP contribution in [-0.4, -0.2) is 70.5 Å². The highest BCUT2D eigenvalue weighted by Crippen LogP contribution is 2.35. The summed E-state index contributed by atoms with van der Waals surface area (Å²) in [6.45, 7) is 6.00. The van der Waals surface area contributed by atoms with Gasteiger partial charge in [-0.15, -0.1) is 0 Å². The molecule has 0 saturated carbocycles. The highest BCUT2D eigenvalue weighted by atomic mass is 16.5. The second-order valence-electron chi connectivity index (χ2n) is 9.03. The number of nitrogens with zero attached hydrogens (tertiary/aromatic N) is 6. The molecule has 0 aliphatic carbocycles. The van der Waals surface area contributed by atoms with Gasteiger partial charge in [0.15, 0.2) is 5.82 Å². The highest BCUT2D eigenvalue weighted by Gasteiger charge is 2.19. The van der Waals surface area contributed by atoms with E-state index in [9.17, 15) is 9.59 Å². The van der Waals surface area contributed by atoms with Crippen LogP contribution >= 0.6 is 0 Å². The average molecular weight is 529 g/mol. The van der Waals surface area contributed by atoms with Crippen molar-refractivity contribution in [3.8, 4) is 17.1 Å². The predicted molar refractivity (Wildman–Crippen MR) is 153 cm³/mol. The minimum Gasteiger partial charge on any atom is -0.479 e. The van der Waals surface area contributed by atoms with Crippen LogP contribution < -0.4 is 20.3 Å². The number of benzene rings is 1. The summed E-state index contributed by atoms with van der Waals surface area (Å²) >= 11 is 0. The number of aryl methyl sites for hydroxylation is 1. The summed E-state index contributed by atoms with van der Waals surface area (Å²) in [4.78, 5) is 41.1. The van der Waals surface area contributed by atoms with Crippen LogP contribution in [-0.2, 0) is 16.6 Å². The van der Waals surface area contributed by atoms with Crippen LogP contribution in [0.4, 0.5) is 23.1 Å². The molecule has 4 rings (SSSR count). The van der Waals surface area contributed by atoms with Crippen LogP contribution in [0.15, 0.2) is 61.4 Å². The van der Waals surface area contributed by atoms with Gasteiger partial charge in [0, 0.05) is 70.0 Å². The molecule has 1 aromatic carbocycles. The number of aromatic nitrogens is 4. The normalized spacial score (nSPS) is 10.7. The summed E-state index contributed by atoms with van der Waals surface area (Å²) in [5.41, 5.74) is 3.73. The first-order valence-corrected chi connectivity index (χ1v) is 12.3. The maximum atomic E-state index is 12.2. The lowest BCUT2D eigenvalue weighted by Crippen LogP contribution is -2.34. The van der Waals surface area contributed by atoms with Crippen LogP contribution in [0.2, 0.25) is 0 Å². The van der Waals surface area contributed by atoms with Gasteiger partial charge in [-0.25, -0.2) is 9.97 Å². The Morgan fingerprint density at radius 1 is 1.13 bits per heavy atom. The van der Waals surface area contributed by atoms with Crippen molar-refractivity contribution in [1.82, 2.24) is 24.4 Å². The fraction of sp³-hybridized carbons (Fsp3) is 0.250. The molecule has 0 fully saturated rings. The van der Waals surface area contributed by atoms with Gasteiger partial charge in [-0.2, -0.15) is 4.98 Å². The molecule has 11 nitrogen and oxygen atoms in total. The Bertz CT molecular complexity index is 1530. The molecular weight excluding hydrogens is 496 g/mol. The minimum absolute atomic E-state index is 0.0422. The lowest BCUT2D eigenvalue weighted by molar-refractivity contribution is -0.127. The fourth-order valence-electron chi connectivity index (χ4n) is 4.10. The van der Waals surface area contributed by atoms with E-state index >= 15 is 0 Å². The molecule has 202 valence electrons. The van der Waals surface area contributed by atoms with E-state index in [0.717, 1.165) is 22.2 Å². The molecule has 2 amide bonds. The Hall–Kier alpha value is -4.93. The monoisotopic (exact) mass is 528 g/mol. The van der Waals surface area contributed by atoms with Gasteiger partial charge in [-0.1, -0.05) is 24.8 Å². The van der Waals surface area contributed by atoms with E-state index in [1.54, 1.807) is 24.2 Å². The number of pyridine rings is 1. The van der Waals surface area contributed by atoms with Crippen molar-refractivity contribution in [3.63, 3.8) is 0 Å². The number of anilines is 4. The third kappa shape index (κ3) is 5.98. The van der Waals surface area contributed by atoms with Gasteiger partial charge in [0.25, 0.3) is 0 Å². The van der Waals surface area contributed by atoms with Crippen molar-refractivity contribution >= 4 is 45.9 Å². The fourth-order valence-corrected chi connectivity index (χ4v) is 4.10. The van der Waals surface area contributed by atoms with Gasteiger partial charge in [-0.3, -0.25) is 9.59 Å². The van der Waals surface area contributed by atoms with E-state index in [2.05, 4.69) is 43.9 Å². The quantitative estimate of drug-likeness (QED) is 0.298. The first kappa shape index (κ1) is 27.1. The van der Waals surface area contributed by atoms with Crippen LogP contribution in [0.3, 0.4) is 0 Å². The van der Waals surface area contributed by atoms with E-state index in [1.165, 1.54) is 20.1 Å². The Labute approximate surface area is 227 Å². The van der Waals surface area contributed by atoms with Crippen molar-refractivity contribution in [3.05, 3.63) is 61.4 Å². The molecule has 39 heavy (non-hydrogen) atoms. The SMILES string of the molecule is C=CC(=O)Nc1cc(Nc2nccc(-c3cn(C)c4ccccc34)n2)c(OC)nc1N(C)CCN(C)C(C)=O. The van der Waals surface area contributed by atoms with Crippen LogP contribution in [0.5, 0.6) is 5.88 Å². The molecule has 3 aromatic heterocycles. The lowest BCUT2D eigenvalue weighted by atomic mass is 10.1. The number of para-hydroxylation sites is 1. The van der Waals surface area contributed by atoms with Crippen molar-refractivity contribution in [2.24, 2.45) is 7.05 Å². The van der Waals surface area contributed by atoms with E-state index in [4.69, 9.17) is 9.72 Å². The molecule has 3 heterocycles. The van der Waals surface area contributed by atoms with Crippen LogP contribution in [0, 0.1) is 0 Å². The summed E-state index contributed by atoms with van der Waals surface area (Å²) in [7, 11) is 7.06. The summed E-state index contributed by atoms with van der Waals surface area (Å²) in [5, 5.41) is 7.08. The Kier molecular flexibility index (Phi) is 8.09. The number of carbonyl (C=O) groups excluding carboxylic acids is 2. The molecule has 0 radical (unpaired) electrons. The number of hydrogen-bond acceptors (Lipinski definition) is 8. The molecule has 11 heteroatoms. The Balaban J connectivity index is 1.68. The van der Waals surface area contributed by atoms with E-state index in [1.807, 2.05) is 43.4 Å². The molecule has 2 N–H and O–H groups in total. The summed E-state index contributed by atoms with van der Waals surface area (Å²) < 4.78 is 7.64. The van der Waals surface area contributed by atoms with Gasteiger partial charge >= 0.3 is 0 Å². The zero-order valence-corrected chi connectivity index (χ0v) is 22.7. The number of carbonyl (C=O) groups is 2. The van der Waals surface area contributed by atoms with Gasteiger partial charge in [0.2, 0.25) is 23.6 Å². The molecule has 0 spiro atoms. The maximum Gasteiger partial charge on any atom is 0.247 e. The topological polar surface area (TPSA) is 118 Å². The first-order chi connectivity index (χ1) is 18.7. The Morgan fingerprint density at radius 3 is 2.62 bits per heavy atom. The van der Waals surface area contributed by atoms with Crippen LogP contribution in [0.25, 0.3) is 22.2 Å². The standard InChI is InChI=1S/C28H32N8O3/c1-7-25(38)30-22-16-23(27(39-6)33-26(22)35(4)15-14-34(3)18(2)37)32-28-29-13-12-21(31-28)20-17-36(5)24-11-9-8-10-19(20)24/h7-13,16-17H,1,14-15H2,2-6H3,(H,30,38)(H,29,31,32). The molecule has 0 aliphatic rings. The number of hydrogen-bond donors (Lipinski definition) is 2. The van der Waals surface area contributed by atoms with E-state index in [0.29, 0.717) is 36.2 Å². The Morgan fingerprint density at radius 2 is 1.90 bits per heavy atom. The molecule has 0 aliphatic heterocycles. The zero-order chi connectivity index (χ0) is 28.1. The number of amides is 2. The van der Waals surface area contributed by atoms with Gasteiger partial charge in [-0.05, 0) is 24.3 Å². The molecular formula is C28H32N8O3. The molecule has 0 unspecified atom stereocenters. The molecule has 0 bridgehead atoms. The smallest absolute Gasteiger partial charge is 0.247 e. The second kappa shape index (κ2) is 11.6. The van der Waals surface area contributed by atoms with Crippen molar-refractivity contribution in [2.45, 2.75) is 6.92 Å². The third-order valence-corrected chi connectivity index (χ3v) is 6.35. The van der Waals surface area contributed by atoms with Crippen molar-refractivity contribution in [1.29, 1.82) is 0 Å². The third-order valence-electron chi connectivity index (χ3n) is 6.35. The summed E-state index contributed by atoms with van der Waals surface area (Å²) in [6, 6.07) is 11.7. The highest BCUT2D eigenvalue weighted by molar-refractivity contribution is 6.01. The second-order valence-corrected chi connectivity index (χ2v) is 9.03. The van der Waals surface area contributed by atoms with Gasteiger partial charge < -0.3 is 29.7 Å². The maximum absolute atomic E-state index is 12.2. The van der Waals surface area contributed by atoms with Crippen LogP contribution in [0.1, 0.15) is 6.92 Å². The number of methoxy groups -OCH3 is 1. The predicted octanol–water partition coefficient (Wildman–Crippen LogP) is 3.82. The molecule has 0 atom stereocenters. The summed E-state index contributed by atoms with van der Waals surface area (Å²) in [6.07, 6.45) is 4.90. The van der Waals surface area contributed by atoms with E-state index in [-0.39, 0.29) is 11.8 Å². The average Bonchev–Trinajstić information content (AvgIpc) is 3.28. The number of fused-ring (bicyclic) bond motifs is 1. The van der Waals surface area contributed by atoms with Crippen molar-refractivity contribution < 1.29 is 14.3 Å². The lowest BCUT2D eigenvalue weighted by Gasteiger charge is -2.25. The summed E-state index contributed by atoms with van der Waals surface area (Å²) in [5.74, 6) is 0.658. The van der Waals surface area contributed by atoms with Gasteiger partial charge in [0.1, 0.15) is 5.69 Å². The molecule has 0 saturated heterocycles. The minimum atomic E-state index is -0.391. The van der Waals surface area contributed by atoms with Gasteiger partial charge in [0.05, 0.1) is 18.5 Å². The van der Waals surface area contributed by atoms with Crippen molar-refractivity contribution in [2.75, 3.05) is 49.8 Å². The zero-order valence-electron chi connectivity index (χ0n) is 22.7.